The molecule has 0 unspecified atom stereocenters. The Kier molecular flexibility index (Phi) is 3.15. The minimum absolute atomic E-state index is 0.321. The number of ether oxygens (including phenoxy) is 1. The lowest BCUT2D eigenvalue weighted by Gasteiger charge is -2.14. The molecule has 0 spiro atoms. The number of esters is 1. The number of carbonyl (C=O) groups excluding carboxylic acids is 1. The van der Waals surface area contributed by atoms with E-state index in [9.17, 15) is 9.18 Å². The quantitative estimate of drug-likeness (QED) is 0.691. The van der Waals surface area contributed by atoms with E-state index in [1.54, 1.807) is 16.6 Å². The van der Waals surface area contributed by atoms with Crippen molar-refractivity contribution in [3.8, 4) is 11.3 Å². The van der Waals surface area contributed by atoms with Crippen LogP contribution in [0.4, 0.5) is 4.39 Å². The van der Waals surface area contributed by atoms with Gasteiger partial charge in [-0.1, -0.05) is 0 Å². The standard InChI is InChI=1S/C18H15FN2O2/c1-23-18(22)16-15(11-4-5-11)14-3-2-10-21(14)20-17(16)12-6-8-13(19)9-7-12/h2-3,6-11H,4-5H2,1H3. The maximum Gasteiger partial charge on any atom is 0.340 e. The molecule has 4 nitrogen and oxygen atoms in total. The highest BCUT2D eigenvalue weighted by atomic mass is 19.1. The van der Waals surface area contributed by atoms with Gasteiger partial charge in [-0.3, -0.25) is 0 Å². The first-order chi connectivity index (χ1) is 11.2. The van der Waals surface area contributed by atoms with Crippen molar-refractivity contribution in [3.05, 3.63) is 59.5 Å². The van der Waals surface area contributed by atoms with E-state index >= 15 is 0 Å². The molecule has 0 saturated heterocycles. The minimum Gasteiger partial charge on any atom is -0.465 e. The third-order valence-electron chi connectivity index (χ3n) is 4.21. The first kappa shape index (κ1) is 13.9. The normalized spacial score (nSPS) is 14.2. The fourth-order valence-electron chi connectivity index (χ4n) is 2.99. The monoisotopic (exact) mass is 310 g/mol. The van der Waals surface area contributed by atoms with E-state index in [-0.39, 0.29) is 5.82 Å². The van der Waals surface area contributed by atoms with Crippen molar-refractivity contribution in [2.75, 3.05) is 7.11 Å². The smallest absolute Gasteiger partial charge is 0.340 e. The molecule has 1 saturated carbocycles. The molecule has 2 aromatic heterocycles. The summed E-state index contributed by atoms with van der Waals surface area (Å²) >= 11 is 0. The molecule has 116 valence electrons. The Hall–Kier alpha value is -2.69. The zero-order valence-electron chi connectivity index (χ0n) is 12.6. The molecule has 1 aliphatic carbocycles. The molecule has 0 bridgehead atoms. The van der Waals surface area contributed by atoms with Crippen LogP contribution in [0, 0.1) is 5.82 Å². The molecule has 23 heavy (non-hydrogen) atoms. The van der Waals surface area contributed by atoms with E-state index in [1.807, 2.05) is 18.3 Å². The van der Waals surface area contributed by atoms with Crippen LogP contribution < -0.4 is 0 Å². The van der Waals surface area contributed by atoms with Crippen LogP contribution in [0.2, 0.25) is 0 Å². The van der Waals surface area contributed by atoms with Crippen molar-refractivity contribution >= 4 is 11.5 Å². The van der Waals surface area contributed by atoms with Crippen molar-refractivity contribution in [2.24, 2.45) is 0 Å². The van der Waals surface area contributed by atoms with E-state index in [4.69, 9.17) is 4.74 Å². The minimum atomic E-state index is -0.401. The molecule has 1 aliphatic rings. The van der Waals surface area contributed by atoms with Gasteiger partial charge in [0.2, 0.25) is 0 Å². The van der Waals surface area contributed by atoms with Crippen LogP contribution in [0.3, 0.4) is 0 Å². The Morgan fingerprint density at radius 1 is 1.26 bits per heavy atom. The summed E-state index contributed by atoms with van der Waals surface area (Å²) in [6.07, 6.45) is 3.96. The molecule has 3 aromatic rings. The fourth-order valence-corrected chi connectivity index (χ4v) is 2.99. The molecule has 0 atom stereocenters. The Morgan fingerprint density at radius 3 is 2.65 bits per heavy atom. The lowest BCUT2D eigenvalue weighted by Crippen LogP contribution is -2.12. The SMILES string of the molecule is COC(=O)c1c(-c2ccc(F)cc2)nn2cccc2c1C1CC1. The van der Waals surface area contributed by atoms with E-state index in [1.165, 1.54) is 19.2 Å². The van der Waals surface area contributed by atoms with Gasteiger partial charge in [0, 0.05) is 11.8 Å². The highest BCUT2D eigenvalue weighted by Crippen LogP contribution is 2.45. The highest BCUT2D eigenvalue weighted by Gasteiger charge is 2.33. The number of rotatable bonds is 3. The number of carbonyl (C=O) groups is 1. The number of hydrogen-bond acceptors (Lipinski definition) is 3. The highest BCUT2D eigenvalue weighted by molar-refractivity contribution is 6.00. The van der Waals surface area contributed by atoms with Crippen molar-refractivity contribution in [3.63, 3.8) is 0 Å². The van der Waals surface area contributed by atoms with Gasteiger partial charge in [-0.25, -0.2) is 13.7 Å². The average molecular weight is 310 g/mol. The second-order valence-electron chi connectivity index (χ2n) is 5.75. The van der Waals surface area contributed by atoms with Gasteiger partial charge in [0.1, 0.15) is 11.5 Å². The summed E-state index contributed by atoms with van der Waals surface area (Å²) in [6.45, 7) is 0. The first-order valence-electron chi connectivity index (χ1n) is 7.54. The lowest BCUT2D eigenvalue weighted by molar-refractivity contribution is 0.0600. The van der Waals surface area contributed by atoms with E-state index in [0.29, 0.717) is 22.7 Å². The Morgan fingerprint density at radius 2 is 2.00 bits per heavy atom. The molecule has 1 fully saturated rings. The van der Waals surface area contributed by atoms with Crippen LogP contribution in [-0.2, 0) is 4.74 Å². The van der Waals surface area contributed by atoms with Gasteiger partial charge >= 0.3 is 5.97 Å². The van der Waals surface area contributed by atoms with Gasteiger partial charge < -0.3 is 4.74 Å². The summed E-state index contributed by atoms with van der Waals surface area (Å²) in [5.74, 6) is -0.371. The molecular weight excluding hydrogens is 295 g/mol. The summed E-state index contributed by atoms with van der Waals surface area (Å²) < 4.78 is 20.0. The number of benzene rings is 1. The van der Waals surface area contributed by atoms with E-state index in [0.717, 1.165) is 23.9 Å². The van der Waals surface area contributed by atoms with Crippen LogP contribution >= 0.6 is 0 Å². The van der Waals surface area contributed by atoms with Crippen LogP contribution in [-0.4, -0.2) is 22.7 Å². The van der Waals surface area contributed by atoms with Crippen LogP contribution in [0.15, 0.2) is 42.6 Å². The van der Waals surface area contributed by atoms with Crippen molar-refractivity contribution < 1.29 is 13.9 Å². The fraction of sp³-hybridized carbons (Fsp3) is 0.222. The zero-order chi connectivity index (χ0) is 16.0. The average Bonchev–Trinajstić information content (AvgIpc) is 3.30. The molecule has 0 radical (unpaired) electrons. The number of halogens is 1. The molecule has 0 amide bonds. The third kappa shape index (κ3) is 2.29. The molecule has 0 aliphatic heterocycles. The third-order valence-corrected chi connectivity index (χ3v) is 4.21. The number of methoxy groups -OCH3 is 1. The second kappa shape index (κ2) is 5.19. The largest absolute Gasteiger partial charge is 0.465 e. The number of nitrogens with zero attached hydrogens (tertiary/aromatic N) is 2. The zero-order valence-corrected chi connectivity index (χ0v) is 12.6. The van der Waals surface area contributed by atoms with Crippen molar-refractivity contribution in [1.29, 1.82) is 0 Å². The molecule has 2 heterocycles. The Labute approximate surface area is 132 Å². The number of aromatic nitrogens is 2. The number of hydrogen-bond donors (Lipinski definition) is 0. The molecule has 4 rings (SSSR count). The maximum atomic E-state index is 13.2. The van der Waals surface area contributed by atoms with Crippen LogP contribution in [0.5, 0.6) is 0 Å². The van der Waals surface area contributed by atoms with Gasteiger partial charge in [-0.05, 0) is 60.7 Å². The predicted molar refractivity (Wildman–Crippen MR) is 83.9 cm³/mol. The Balaban J connectivity index is 2.05. The van der Waals surface area contributed by atoms with Gasteiger partial charge in [0.15, 0.2) is 0 Å². The van der Waals surface area contributed by atoms with Crippen molar-refractivity contribution in [2.45, 2.75) is 18.8 Å². The molecule has 0 N–H and O–H groups in total. The predicted octanol–water partition coefficient (Wildman–Crippen LogP) is 3.80. The summed E-state index contributed by atoms with van der Waals surface area (Å²) in [7, 11) is 1.37. The summed E-state index contributed by atoms with van der Waals surface area (Å²) in [4.78, 5) is 12.4. The topological polar surface area (TPSA) is 43.6 Å². The van der Waals surface area contributed by atoms with Gasteiger partial charge in [0.05, 0.1) is 18.2 Å². The second-order valence-corrected chi connectivity index (χ2v) is 5.75. The lowest BCUT2D eigenvalue weighted by atomic mass is 9.98. The summed E-state index contributed by atoms with van der Waals surface area (Å²) in [5.41, 5.74) is 3.63. The van der Waals surface area contributed by atoms with Crippen LogP contribution in [0.1, 0.15) is 34.7 Å². The summed E-state index contributed by atoms with van der Waals surface area (Å²) in [5, 5.41) is 4.57. The summed E-state index contributed by atoms with van der Waals surface area (Å²) in [6, 6.07) is 9.88. The van der Waals surface area contributed by atoms with Gasteiger partial charge in [-0.15, -0.1) is 0 Å². The van der Waals surface area contributed by atoms with Crippen LogP contribution in [0.25, 0.3) is 16.8 Å². The first-order valence-corrected chi connectivity index (χ1v) is 7.54. The molecule has 5 heteroatoms. The molecular formula is C18H15FN2O2. The Bertz CT molecular complexity index is 895. The number of fused-ring (bicyclic) bond motifs is 1. The molecule has 1 aromatic carbocycles. The van der Waals surface area contributed by atoms with E-state index in [2.05, 4.69) is 5.10 Å². The van der Waals surface area contributed by atoms with Gasteiger partial charge in [0.25, 0.3) is 0 Å². The maximum absolute atomic E-state index is 13.2. The van der Waals surface area contributed by atoms with E-state index < -0.39 is 5.97 Å². The van der Waals surface area contributed by atoms with Crippen molar-refractivity contribution in [1.82, 2.24) is 9.61 Å². The van der Waals surface area contributed by atoms with Gasteiger partial charge in [-0.2, -0.15) is 5.10 Å².